The minimum atomic E-state index is -0.387. The Bertz CT molecular complexity index is 574. The summed E-state index contributed by atoms with van der Waals surface area (Å²) < 4.78 is 15.6. The summed E-state index contributed by atoms with van der Waals surface area (Å²) in [5.74, 6) is 0.686. The lowest BCUT2D eigenvalue weighted by Gasteiger charge is -2.10. The highest BCUT2D eigenvalue weighted by Crippen LogP contribution is 2.28. The lowest BCUT2D eigenvalue weighted by Crippen LogP contribution is -2.11. The van der Waals surface area contributed by atoms with Crippen LogP contribution in [0.25, 0.3) is 11.4 Å². The van der Waals surface area contributed by atoms with E-state index in [1.807, 2.05) is 0 Å². The molecule has 0 saturated heterocycles. The van der Waals surface area contributed by atoms with Gasteiger partial charge in [0, 0.05) is 12.2 Å². The molecule has 1 heterocycles. The number of rotatable bonds is 3. The van der Waals surface area contributed by atoms with Crippen LogP contribution in [-0.2, 0) is 6.54 Å². The van der Waals surface area contributed by atoms with E-state index in [2.05, 4.69) is 15.5 Å². The van der Waals surface area contributed by atoms with Gasteiger partial charge in [0.2, 0.25) is 0 Å². The van der Waals surface area contributed by atoms with Gasteiger partial charge in [-0.3, -0.25) is 0 Å². The molecule has 19 heavy (non-hydrogen) atoms. The first-order chi connectivity index (χ1) is 9.24. The molecule has 1 aromatic heterocycles. The minimum absolute atomic E-state index is 0.387. The minimum Gasteiger partial charge on any atom is -0.399 e. The van der Waals surface area contributed by atoms with Crippen molar-refractivity contribution in [3.8, 4) is 11.4 Å². The normalized spacial score (nSPS) is 16.1. The fourth-order valence-corrected chi connectivity index (χ4v) is 2.67. The quantitative estimate of drug-likeness (QED) is 0.860. The van der Waals surface area contributed by atoms with Crippen LogP contribution < -0.4 is 5.73 Å². The molecule has 2 aromatic rings. The van der Waals surface area contributed by atoms with Crippen LogP contribution in [0.2, 0.25) is 0 Å². The van der Waals surface area contributed by atoms with Gasteiger partial charge in [0.05, 0.1) is 5.56 Å². The summed E-state index contributed by atoms with van der Waals surface area (Å²) in [6.07, 6.45) is 4.92. The molecule has 6 heteroatoms. The smallest absolute Gasteiger partial charge is 0.184 e. The number of benzene rings is 1. The largest absolute Gasteiger partial charge is 0.399 e. The van der Waals surface area contributed by atoms with Crippen LogP contribution in [0, 0.1) is 11.7 Å². The molecule has 1 aromatic carbocycles. The standard InChI is InChI=1S/C13H16FN5/c14-12-7-10(15)5-6-11(12)13-16-17-18-19(13)8-9-3-1-2-4-9/h5-7,9H,1-4,8,15H2. The van der Waals surface area contributed by atoms with Gasteiger partial charge < -0.3 is 5.73 Å². The van der Waals surface area contributed by atoms with E-state index in [0.29, 0.717) is 23.0 Å². The van der Waals surface area contributed by atoms with Gasteiger partial charge in [-0.25, -0.2) is 9.07 Å². The Kier molecular flexibility index (Phi) is 3.15. The van der Waals surface area contributed by atoms with E-state index in [0.717, 1.165) is 6.54 Å². The van der Waals surface area contributed by atoms with Crippen LogP contribution >= 0.6 is 0 Å². The van der Waals surface area contributed by atoms with Crippen molar-refractivity contribution in [2.75, 3.05) is 5.73 Å². The number of tetrazole rings is 1. The van der Waals surface area contributed by atoms with Crippen LogP contribution in [-0.4, -0.2) is 20.2 Å². The number of aromatic nitrogens is 4. The van der Waals surface area contributed by atoms with E-state index in [4.69, 9.17) is 5.73 Å². The van der Waals surface area contributed by atoms with E-state index >= 15 is 0 Å². The van der Waals surface area contributed by atoms with Gasteiger partial charge in [0.25, 0.3) is 0 Å². The zero-order chi connectivity index (χ0) is 13.2. The van der Waals surface area contributed by atoms with Gasteiger partial charge in [-0.05, 0) is 47.4 Å². The zero-order valence-corrected chi connectivity index (χ0v) is 10.6. The second-order valence-electron chi connectivity index (χ2n) is 5.07. The predicted molar refractivity (Wildman–Crippen MR) is 69.6 cm³/mol. The number of nitrogen functional groups attached to an aromatic ring is 1. The Morgan fingerprint density at radius 2 is 2.11 bits per heavy atom. The Labute approximate surface area is 110 Å². The lowest BCUT2D eigenvalue weighted by atomic mass is 10.1. The molecule has 1 fully saturated rings. The molecule has 0 atom stereocenters. The van der Waals surface area contributed by atoms with Gasteiger partial charge in [-0.15, -0.1) is 5.10 Å². The summed E-state index contributed by atoms with van der Waals surface area (Å²) in [4.78, 5) is 0. The number of nitrogens with zero attached hydrogens (tertiary/aromatic N) is 4. The average molecular weight is 261 g/mol. The Hall–Kier alpha value is -1.98. The summed E-state index contributed by atoms with van der Waals surface area (Å²) in [6, 6.07) is 4.58. The highest BCUT2D eigenvalue weighted by Gasteiger charge is 2.20. The van der Waals surface area contributed by atoms with Crippen molar-refractivity contribution in [2.45, 2.75) is 32.2 Å². The average Bonchev–Trinajstić information content (AvgIpc) is 3.02. The van der Waals surface area contributed by atoms with Crippen molar-refractivity contribution in [3.05, 3.63) is 24.0 Å². The van der Waals surface area contributed by atoms with E-state index < -0.39 is 0 Å². The summed E-state index contributed by atoms with van der Waals surface area (Å²) in [7, 11) is 0. The number of anilines is 1. The van der Waals surface area contributed by atoms with Gasteiger partial charge in [-0.2, -0.15) is 0 Å². The lowest BCUT2D eigenvalue weighted by molar-refractivity contribution is 0.424. The maximum Gasteiger partial charge on any atom is 0.184 e. The first kappa shape index (κ1) is 12.1. The number of hydrogen-bond acceptors (Lipinski definition) is 4. The molecule has 2 N–H and O–H groups in total. The van der Waals surface area contributed by atoms with Gasteiger partial charge in [0.15, 0.2) is 5.82 Å². The molecule has 3 rings (SSSR count). The van der Waals surface area contributed by atoms with Crippen molar-refractivity contribution in [2.24, 2.45) is 5.92 Å². The highest BCUT2D eigenvalue weighted by molar-refractivity contribution is 5.59. The molecule has 0 bridgehead atoms. The molecule has 100 valence electrons. The maximum atomic E-state index is 13.9. The first-order valence-corrected chi connectivity index (χ1v) is 6.55. The number of hydrogen-bond donors (Lipinski definition) is 1. The van der Waals surface area contributed by atoms with Crippen LogP contribution in [0.3, 0.4) is 0 Å². The van der Waals surface area contributed by atoms with Gasteiger partial charge in [-0.1, -0.05) is 12.8 Å². The van der Waals surface area contributed by atoms with Crippen molar-refractivity contribution in [1.82, 2.24) is 20.2 Å². The Balaban J connectivity index is 1.90. The molecule has 1 aliphatic rings. The van der Waals surface area contributed by atoms with Gasteiger partial charge in [0.1, 0.15) is 5.82 Å². The molecule has 0 unspecified atom stereocenters. The Morgan fingerprint density at radius 1 is 1.32 bits per heavy atom. The third kappa shape index (κ3) is 2.43. The van der Waals surface area contributed by atoms with Crippen LogP contribution in [0.5, 0.6) is 0 Å². The maximum absolute atomic E-state index is 13.9. The fourth-order valence-electron chi connectivity index (χ4n) is 2.67. The molecule has 5 nitrogen and oxygen atoms in total. The molecular weight excluding hydrogens is 245 g/mol. The zero-order valence-electron chi connectivity index (χ0n) is 10.6. The van der Waals surface area contributed by atoms with Crippen molar-refractivity contribution in [1.29, 1.82) is 0 Å². The van der Waals surface area contributed by atoms with Crippen molar-refractivity contribution < 1.29 is 4.39 Å². The van der Waals surface area contributed by atoms with E-state index in [1.54, 1.807) is 16.8 Å². The third-order valence-corrected chi connectivity index (χ3v) is 3.67. The molecule has 1 aliphatic carbocycles. The molecule has 0 radical (unpaired) electrons. The predicted octanol–water partition coefficient (Wildman–Crippen LogP) is 2.25. The van der Waals surface area contributed by atoms with Crippen LogP contribution in [0.4, 0.5) is 10.1 Å². The fraction of sp³-hybridized carbons (Fsp3) is 0.462. The SMILES string of the molecule is Nc1ccc(-c2nnnn2CC2CCCC2)c(F)c1. The second-order valence-corrected chi connectivity index (χ2v) is 5.07. The highest BCUT2D eigenvalue weighted by atomic mass is 19.1. The van der Waals surface area contributed by atoms with Crippen LogP contribution in [0.15, 0.2) is 18.2 Å². The monoisotopic (exact) mass is 261 g/mol. The molecule has 0 aliphatic heterocycles. The van der Waals surface area contributed by atoms with E-state index in [1.165, 1.54) is 31.7 Å². The summed E-state index contributed by atoms with van der Waals surface area (Å²) >= 11 is 0. The second kappa shape index (κ2) is 4.95. The van der Waals surface area contributed by atoms with Crippen molar-refractivity contribution >= 4 is 5.69 Å². The summed E-state index contributed by atoms with van der Waals surface area (Å²) in [5.41, 5.74) is 6.35. The molecule has 0 amide bonds. The molecular formula is C13H16FN5. The third-order valence-electron chi connectivity index (χ3n) is 3.67. The van der Waals surface area contributed by atoms with Crippen LogP contribution in [0.1, 0.15) is 25.7 Å². The molecule has 0 spiro atoms. The Morgan fingerprint density at radius 3 is 2.84 bits per heavy atom. The van der Waals surface area contributed by atoms with E-state index in [9.17, 15) is 4.39 Å². The van der Waals surface area contributed by atoms with Crippen molar-refractivity contribution in [3.63, 3.8) is 0 Å². The summed E-state index contributed by atoms with van der Waals surface area (Å²) in [5, 5.41) is 11.6. The van der Waals surface area contributed by atoms with E-state index in [-0.39, 0.29) is 5.82 Å². The topological polar surface area (TPSA) is 69.6 Å². The summed E-state index contributed by atoms with van der Waals surface area (Å²) in [6.45, 7) is 0.756. The number of nitrogens with two attached hydrogens (primary N) is 1. The first-order valence-electron chi connectivity index (χ1n) is 6.55. The van der Waals surface area contributed by atoms with Gasteiger partial charge >= 0.3 is 0 Å². The molecule has 1 saturated carbocycles. The number of halogens is 1.